The van der Waals surface area contributed by atoms with Crippen molar-refractivity contribution in [3.05, 3.63) is 100 Å². The van der Waals surface area contributed by atoms with Gasteiger partial charge in [0.05, 0.1) is 28.8 Å². The quantitative estimate of drug-likeness (QED) is 0.300. The predicted octanol–water partition coefficient (Wildman–Crippen LogP) is 6.02. The number of halogens is 4. The lowest BCUT2D eigenvalue weighted by atomic mass is 10.0. The highest BCUT2D eigenvalue weighted by atomic mass is 35.5. The van der Waals surface area contributed by atoms with Gasteiger partial charge in [-0.3, -0.25) is 4.79 Å². The van der Waals surface area contributed by atoms with Crippen LogP contribution in [0.2, 0.25) is 5.02 Å². The Bertz CT molecular complexity index is 1400. The van der Waals surface area contributed by atoms with Gasteiger partial charge in [0.2, 0.25) is 0 Å². The molecule has 0 saturated heterocycles. The van der Waals surface area contributed by atoms with Crippen LogP contribution in [-0.4, -0.2) is 28.2 Å². The lowest BCUT2D eigenvalue weighted by Gasteiger charge is -2.14. The molecule has 0 radical (unpaired) electrons. The molecule has 6 nitrogen and oxygen atoms in total. The molecule has 0 fully saturated rings. The van der Waals surface area contributed by atoms with Gasteiger partial charge in [-0.25, -0.2) is 4.79 Å². The van der Waals surface area contributed by atoms with E-state index in [9.17, 15) is 22.8 Å². The van der Waals surface area contributed by atoms with Crippen LogP contribution in [0.1, 0.15) is 31.8 Å². The fourth-order valence-electron chi connectivity index (χ4n) is 3.71. The van der Waals surface area contributed by atoms with E-state index in [1.165, 1.54) is 30.3 Å². The van der Waals surface area contributed by atoms with E-state index in [1.807, 2.05) is 0 Å². The van der Waals surface area contributed by atoms with E-state index in [0.717, 1.165) is 12.1 Å². The average Bonchev–Trinajstić information content (AvgIpc) is 3.26. The summed E-state index contributed by atoms with van der Waals surface area (Å²) in [6, 6.07) is 16.0. The fraction of sp³-hybridized carbons (Fsp3) is 0.154. The number of rotatable bonds is 8. The largest absolute Gasteiger partial charge is 0.492 e. The van der Waals surface area contributed by atoms with Crippen molar-refractivity contribution < 1.29 is 32.6 Å². The standard InChI is InChI=1S/C26H20ClF3N2O4/c27-20-5-7-21(8-6-20)36-12-11-32-10-9-18-13-19(26(28,29)30)14-22(23(18)32)24(33)31-15-16-1-3-17(4-2-16)25(34)35/h1-10,13-14H,11-12,15H2,(H,31,33)(H,34,35). The zero-order chi connectivity index (χ0) is 25.9. The Labute approximate surface area is 208 Å². The number of hydrogen-bond acceptors (Lipinski definition) is 3. The number of carbonyl (C=O) groups is 2. The molecular formula is C26H20ClF3N2O4. The maximum atomic E-state index is 13.5. The Morgan fingerprint density at radius 2 is 1.69 bits per heavy atom. The maximum Gasteiger partial charge on any atom is 0.416 e. The number of nitrogens with one attached hydrogen (secondary N) is 1. The maximum absolute atomic E-state index is 13.5. The minimum atomic E-state index is -4.63. The van der Waals surface area contributed by atoms with Gasteiger partial charge < -0.3 is 19.7 Å². The van der Waals surface area contributed by atoms with Crippen LogP contribution in [0.25, 0.3) is 10.9 Å². The van der Waals surface area contributed by atoms with Crippen molar-refractivity contribution in [2.45, 2.75) is 19.3 Å². The molecule has 10 heteroatoms. The van der Waals surface area contributed by atoms with Gasteiger partial charge in [-0.15, -0.1) is 0 Å². The van der Waals surface area contributed by atoms with Gasteiger partial charge in [0, 0.05) is 23.2 Å². The summed E-state index contributed by atoms with van der Waals surface area (Å²) in [6.07, 6.45) is -3.02. The third kappa shape index (κ3) is 5.80. The number of ether oxygens (including phenoxy) is 1. The molecule has 0 aliphatic rings. The second-order valence-corrected chi connectivity index (χ2v) is 8.39. The van der Waals surface area contributed by atoms with Gasteiger partial charge in [-0.2, -0.15) is 13.2 Å². The number of carboxylic acids is 1. The SMILES string of the molecule is O=C(O)c1ccc(CNC(=O)c2cc(C(F)(F)F)cc3ccn(CCOc4ccc(Cl)cc4)c23)cc1. The van der Waals surface area contributed by atoms with E-state index in [2.05, 4.69) is 5.32 Å². The van der Waals surface area contributed by atoms with Gasteiger partial charge in [0.1, 0.15) is 12.4 Å². The molecule has 0 atom stereocenters. The molecule has 1 amide bonds. The number of amides is 1. The summed E-state index contributed by atoms with van der Waals surface area (Å²) in [7, 11) is 0. The van der Waals surface area contributed by atoms with Crippen molar-refractivity contribution in [1.29, 1.82) is 0 Å². The second kappa shape index (κ2) is 10.3. The first-order valence-corrected chi connectivity index (χ1v) is 11.2. The van der Waals surface area contributed by atoms with E-state index < -0.39 is 23.6 Å². The van der Waals surface area contributed by atoms with Crippen LogP contribution in [0, 0.1) is 0 Å². The van der Waals surface area contributed by atoms with Crippen molar-refractivity contribution in [2.75, 3.05) is 6.61 Å². The van der Waals surface area contributed by atoms with Crippen LogP contribution < -0.4 is 10.1 Å². The molecule has 1 aromatic heterocycles. The number of aromatic carboxylic acids is 1. The Morgan fingerprint density at radius 3 is 2.33 bits per heavy atom. The number of alkyl halides is 3. The van der Waals surface area contributed by atoms with Crippen LogP contribution in [-0.2, 0) is 19.3 Å². The van der Waals surface area contributed by atoms with Crippen molar-refractivity contribution in [3.8, 4) is 5.75 Å². The van der Waals surface area contributed by atoms with Crippen molar-refractivity contribution in [3.63, 3.8) is 0 Å². The summed E-state index contributed by atoms with van der Waals surface area (Å²) in [6.45, 7) is 0.509. The summed E-state index contributed by atoms with van der Waals surface area (Å²) >= 11 is 5.87. The summed E-state index contributed by atoms with van der Waals surface area (Å²) in [5.41, 5.74) is -0.0207. The van der Waals surface area contributed by atoms with Crippen LogP contribution in [0.3, 0.4) is 0 Å². The van der Waals surface area contributed by atoms with Crippen LogP contribution in [0.5, 0.6) is 5.75 Å². The second-order valence-electron chi connectivity index (χ2n) is 7.96. The number of benzene rings is 3. The van der Waals surface area contributed by atoms with E-state index in [-0.39, 0.29) is 36.2 Å². The zero-order valence-corrected chi connectivity index (χ0v) is 19.4. The normalized spacial score (nSPS) is 11.4. The third-order valence-corrected chi connectivity index (χ3v) is 5.75. The van der Waals surface area contributed by atoms with Gasteiger partial charge in [-0.05, 0) is 60.2 Å². The van der Waals surface area contributed by atoms with Gasteiger partial charge in [0.15, 0.2) is 0 Å². The lowest BCUT2D eigenvalue weighted by Crippen LogP contribution is -2.24. The molecule has 36 heavy (non-hydrogen) atoms. The van der Waals surface area contributed by atoms with Crippen molar-refractivity contribution >= 4 is 34.4 Å². The highest BCUT2D eigenvalue weighted by molar-refractivity contribution is 6.30. The summed E-state index contributed by atoms with van der Waals surface area (Å²) in [5.74, 6) is -1.19. The Kier molecular flexibility index (Phi) is 7.21. The Hall–Kier alpha value is -3.98. The van der Waals surface area contributed by atoms with Crippen molar-refractivity contribution in [1.82, 2.24) is 9.88 Å². The lowest BCUT2D eigenvalue weighted by molar-refractivity contribution is -0.137. The number of fused-ring (bicyclic) bond motifs is 1. The minimum absolute atomic E-state index is 0.0108. The molecule has 4 rings (SSSR count). The van der Waals surface area contributed by atoms with Crippen molar-refractivity contribution in [2.24, 2.45) is 0 Å². The summed E-state index contributed by atoms with van der Waals surface area (Å²) in [4.78, 5) is 24.0. The molecule has 0 aliphatic carbocycles. The molecule has 4 aromatic rings. The first-order chi connectivity index (χ1) is 17.1. The first kappa shape index (κ1) is 25.1. The minimum Gasteiger partial charge on any atom is -0.492 e. The van der Waals surface area contributed by atoms with E-state index >= 15 is 0 Å². The smallest absolute Gasteiger partial charge is 0.416 e. The predicted molar refractivity (Wildman–Crippen MR) is 128 cm³/mol. The Morgan fingerprint density at radius 1 is 1.00 bits per heavy atom. The van der Waals surface area contributed by atoms with E-state index in [1.54, 1.807) is 35.0 Å². The third-order valence-electron chi connectivity index (χ3n) is 5.50. The van der Waals surface area contributed by atoms with Crippen LogP contribution in [0.4, 0.5) is 13.2 Å². The molecular weight excluding hydrogens is 497 g/mol. The molecule has 3 aromatic carbocycles. The molecule has 0 saturated carbocycles. The molecule has 0 bridgehead atoms. The highest BCUT2D eigenvalue weighted by Crippen LogP contribution is 2.34. The van der Waals surface area contributed by atoms with Gasteiger partial charge >= 0.3 is 12.1 Å². The number of hydrogen-bond donors (Lipinski definition) is 2. The number of nitrogens with zero attached hydrogens (tertiary/aromatic N) is 1. The molecule has 0 spiro atoms. The number of aromatic nitrogens is 1. The molecule has 186 valence electrons. The topological polar surface area (TPSA) is 80.6 Å². The monoisotopic (exact) mass is 516 g/mol. The summed E-state index contributed by atoms with van der Waals surface area (Å²) in [5, 5.41) is 12.5. The molecule has 0 aliphatic heterocycles. The zero-order valence-electron chi connectivity index (χ0n) is 18.7. The average molecular weight is 517 g/mol. The Balaban J connectivity index is 1.57. The van der Waals surface area contributed by atoms with Gasteiger partial charge in [0.25, 0.3) is 5.91 Å². The van der Waals surface area contributed by atoms with Crippen LogP contribution in [0.15, 0.2) is 72.9 Å². The van der Waals surface area contributed by atoms with Gasteiger partial charge in [-0.1, -0.05) is 23.7 Å². The molecule has 0 unspecified atom stereocenters. The number of carbonyl (C=O) groups excluding carboxylic acids is 1. The molecule has 1 heterocycles. The van der Waals surface area contributed by atoms with Crippen LogP contribution >= 0.6 is 11.6 Å². The van der Waals surface area contributed by atoms with E-state index in [4.69, 9.17) is 21.4 Å². The molecule has 2 N–H and O–H groups in total. The van der Waals surface area contributed by atoms with E-state index in [0.29, 0.717) is 21.9 Å². The fourth-order valence-corrected chi connectivity index (χ4v) is 3.83. The number of carboxylic acid groups (broad SMARTS) is 1. The summed E-state index contributed by atoms with van der Waals surface area (Å²) < 4.78 is 47.9. The first-order valence-electron chi connectivity index (χ1n) is 10.8. The highest BCUT2D eigenvalue weighted by Gasteiger charge is 2.32.